The molecule has 3 N–H and O–H groups in total. The van der Waals surface area contributed by atoms with Crippen LogP contribution in [0.4, 0.5) is 10.5 Å². The summed E-state index contributed by atoms with van der Waals surface area (Å²) in [6, 6.07) is 7.27. The number of carbonyl (C=O) groups excluding carboxylic acids is 1. The molecule has 104 valence electrons. The molecule has 2 atom stereocenters. The number of hydrogen-bond donors (Lipinski definition) is 2. The molecule has 0 bridgehead atoms. The van der Waals surface area contributed by atoms with E-state index in [1.54, 1.807) is 24.3 Å². The summed E-state index contributed by atoms with van der Waals surface area (Å²) in [5.74, 6) is 0.393. The first-order valence-corrected chi connectivity index (χ1v) is 7.05. The minimum atomic E-state index is -0.0623. The monoisotopic (exact) mass is 281 g/mol. The second-order valence-corrected chi connectivity index (χ2v) is 5.44. The third kappa shape index (κ3) is 3.61. The minimum Gasteiger partial charge on any atom is -0.327 e. The second kappa shape index (κ2) is 6.26. The number of hydrogen-bond acceptors (Lipinski definition) is 2. The maximum absolute atomic E-state index is 12.2. The summed E-state index contributed by atoms with van der Waals surface area (Å²) in [5.41, 5.74) is 6.81. The van der Waals surface area contributed by atoms with E-state index in [1.807, 2.05) is 4.90 Å². The van der Waals surface area contributed by atoms with Gasteiger partial charge in [0, 0.05) is 29.8 Å². The van der Waals surface area contributed by atoms with Crippen molar-refractivity contribution in [2.75, 3.05) is 18.4 Å². The molecular weight excluding hydrogens is 262 g/mol. The van der Waals surface area contributed by atoms with Gasteiger partial charge in [0.05, 0.1) is 0 Å². The van der Waals surface area contributed by atoms with E-state index < -0.39 is 0 Å². The number of nitrogens with two attached hydrogens (primary N) is 1. The maximum Gasteiger partial charge on any atom is 0.321 e. The predicted octanol–water partition coefficient (Wildman–Crippen LogP) is 2.93. The van der Waals surface area contributed by atoms with Crippen LogP contribution in [0.2, 0.25) is 5.02 Å². The summed E-state index contributed by atoms with van der Waals surface area (Å²) in [6.07, 6.45) is 1.87. The number of nitrogens with zero attached hydrogens (tertiary/aromatic N) is 1. The zero-order valence-corrected chi connectivity index (χ0v) is 11.9. The van der Waals surface area contributed by atoms with Crippen molar-refractivity contribution >= 4 is 23.3 Å². The van der Waals surface area contributed by atoms with Crippen molar-refractivity contribution in [3.8, 4) is 0 Å². The average molecular weight is 282 g/mol. The van der Waals surface area contributed by atoms with Crippen LogP contribution in [0.3, 0.4) is 0 Å². The third-order valence-electron chi connectivity index (χ3n) is 3.70. The highest BCUT2D eigenvalue weighted by Gasteiger charge is 2.27. The molecule has 0 aliphatic carbocycles. The van der Waals surface area contributed by atoms with Crippen LogP contribution in [0, 0.1) is 5.92 Å². The van der Waals surface area contributed by atoms with Crippen LogP contribution < -0.4 is 11.1 Å². The fourth-order valence-electron chi connectivity index (χ4n) is 2.40. The molecule has 5 heteroatoms. The van der Waals surface area contributed by atoms with Crippen molar-refractivity contribution in [2.45, 2.75) is 25.8 Å². The van der Waals surface area contributed by atoms with E-state index in [0.717, 1.165) is 31.6 Å². The number of halogens is 1. The van der Waals surface area contributed by atoms with Crippen LogP contribution in [-0.2, 0) is 0 Å². The number of piperidine rings is 1. The molecule has 2 rings (SSSR count). The molecule has 19 heavy (non-hydrogen) atoms. The number of anilines is 1. The van der Waals surface area contributed by atoms with Crippen LogP contribution in [-0.4, -0.2) is 30.1 Å². The topological polar surface area (TPSA) is 58.4 Å². The van der Waals surface area contributed by atoms with E-state index in [0.29, 0.717) is 10.9 Å². The Morgan fingerprint density at radius 1 is 1.47 bits per heavy atom. The summed E-state index contributed by atoms with van der Waals surface area (Å²) in [5, 5.41) is 3.55. The zero-order valence-electron chi connectivity index (χ0n) is 11.1. The summed E-state index contributed by atoms with van der Waals surface area (Å²) < 4.78 is 0. The van der Waals surface area contributed by atoms with Crippen LogP contribution in [0.1, 0.15) is 19.8 Å². The van der Waals surface area contributed by atoms with Crippen molar-refractivity contribution in [1.82, 2.24) is 4.90 Å². The molecule has 1 fully saturated rings. The SMILES string of the molecule is CCC1CN(C(=O)Nc2ccc(Cl)cc2)CCC1N. The fraction of sp³-hybridized carbons (Fsp3) is 0.500. The highest BCUT2D eigenvalue weighted by molar-refractivity contribution is 6.30. The van der Waals surface area contributed by atoms with E-state index >= 15 is 0 Å². The van der Waals surface area contributed by atoms with E-state index in [2.05, 4.69) is 12.2 Å². The number of rotatable bonds is 2. The zero-order chi connectivity index (χ0) is 13.8. The van der Waals surface area contributed by atoms with Gasteiger partial charge in [-0.15, -0.1) is 0 Å². The molecule has 4 nitrogen and oxygen atoms in total. The van der Waals surface area contributed by atoms with Crippen LogP contribution >= 0.6 is 11.6 Å². The van der Waals surface area contributed by atoms with Gasteiger partial charge in [0.1, 0.15) is 0 Å². The largest absolute Gasteiger partial charge is 0.327 e. The Morgan fingerprint density at radius 3 is 2.79 bits per heavy atom. The Labute approximate surface area is 118 Å². The molecule has 0 spiro atoms. The van der Waals surface area contributed by atoms with Crippen molar-refractivity contribution < 1.29 is 4.79 Å². The Bertz CT molecular complexity index is 435. The maximum atomic E-state index is 12.2. The molecule has 2 unspecified atom stereocenters. The first-order valence-electron chi connectivity index (χ1n) is 6.67. The molecule has 1 aromatic rings. The second-order valence-electron chi connectivity index (χ2n) is 5.00. The van der Waals surface area contributed by atoms with Crippen molar-refractivity contribution in [2.24, 2.45) is 11.7 Å². The van der Waals surface area contributed by atoms with Crippen LogP contribution in [0.25, 0.3) is 0 Å². The van der Waals surface area contributed by atoms with Crippen molar-refractivity contribution in [1.29, 1.82) is 0 Å². The number of benzene rings is 1. The molecule has 0 saturated carbocycles. The summed E-state index contributed by atoms with van der Waals surface area (Å²) in [4.78, 5) is 14.0. The lowest BCUT2D eigenvalue weighted by Crippen LogP contribution is -2.50. The Balaban J connectivity index is 1.94. The van der Waals surface area contributed by atoms with Gasteiger partial charge in [0.25, 0.3) is 0 Å². The molecule has 1 aliphatic heterocycles. The third-order valence-corrected chi connectivity index (χ3v) is 3.95. The highest BCUT2D eigenvalue weighted by Crippen LogP contribution is 2.20. The quantitative estimate of drug-likeness (QED) is 0.876. The normalized spacial score (nSPS) is 23.2. The molecule has 0 radical (unpaired) electrons. The highest BCUT2D eigenvalue weighted by atomic mass is 35.5. The summed E-state index contributed by atoms with van der Waals surface area (Å²) in [6.45, 7) is 3.57. The Morgan fingerprint density at radius 2 is 2.16 bits per heavy atom. The predicted molar refractivity (Wildman–Crippen MR) is 78.4 cm³/mol. The standard InChI is InChI=1S/C14H20ClN3O/c1-2-10-9-18(8-7-13(10)16)14(19)17-12-5-3-11(15)4-6-12/h3-6,10,13H,2,7-9,16H2,1H3,(H,17,19). The van der Waals surface area contributed by atoms with Gasteiger partial charge >= 0.3 is 6.03 Å². The average Bonchev–Trinajstić information content (AvgIpc) is 2.42. The van der Waals surface area contributed by atoms with E-state index in [4.69, 9.17) is 17.3 Å². The lowest BCUT2D eigenvalue weighted by molar-refractivity contribution is 0.164. The Kier molecular flexibility index (Phi) is 4.66. The summed E-state index contributed by atoms with van der Waals surface area (Å²) >= 11 is 5.81. The molecule has 1 heterocycles. The number of carbonyl (C=O) groups is 1. The summed E-state index contributed by atoms with van der Waals surface area (Å²) in [7, 11) is 0. The van der Waals surface area contributed by atoms with E-state index in [-0.39, 0.29) is 12.1 Å². The number of amides is 2. The van der Waals surface area contributed by atoms with Gasteiger partial charge in [0.2, 0.25) is 0 Å². The molecule has 0 aromatic heterocycles. The minimum absolute atomic E-state index is 0.0623. The van der Waals surface area contributed by atoms with Crippen molar-refractivity contribution in [3.63, 3.8) is 0 Å². The van der Waals surface area contributed by atoms with Crippen LogP contribution in [0.5, 0.6) is 0 Å². The van der Waals surface area contributed by atoms with Crippen LogP contribution in [0.15, 0.2) is 24.3 Å². The van der Waals surface area contributed by atoms with Gasteiger partial charge < -0.3 is 16.0 Å². The van der Waals surface area contributed by atoms with E-state index in [1.165, 1.54) is 0 Å². The van der Waals surface area contributed by atoms with Crippen molar-refractivity contribution in [3.05, 3.63) is 29.3 Å². The van der Waals surface area contributed by atoms with Gasteiger partial charge in [0.15, 0.2) is 0 Å². The van der Waals surface area contributed by atoms with Gasteiger partial charge in [-0.3, -0.25) is 0 Å². The molecular formula is C14H20ClN3O. The Hall–Kier alpha value is -1.26. The van der Waals surface area contributed by atoms with Gasteiger partial charge in [-0.1, -0.05) is 24.9 Å². The van der Waals surface area contributed by atoms with Gasteiger partial charge in [-0.25, -0.2) is 4.79 Å². The van der Waals surface area contributed by atoms with Gasteiger partial charge in [-0.2, -0.15) is 0 Å². The lowest BCUT2D eigenvalue weighted by atomic mass is 9.91. The molecule has 1 aliphatic rings. The van der Waals surface area contributed by atoms with E-state index in [9.17, 15) is 4.79 Å². The smallest absolute Gasteiger partial charge is 0.321 e. The first kappa shape index (κ1) is 14.2. The lowest BCUT2D eigenvalue weighted by Gasteiger charge is -2.36. The number of nitrogens with one attached hydrogen (secondary N) is 1. The number of urea groups is 1. The fourth-order valence-corrected chi connectivity index (χ4v) is 2.53. The van der Waals surface area contributed by atoms with Gasteiger partial charge in [-0.05, 0) is 36.6 Å². The molecule has 1 saturated heterocycles. The first-order chi connectivity index (χ1) is 9.10. The molecule has 1 aromatic carbocycles. The number of likely N-dealkylation sites (tertiary alicyclic amines) is 1. The molecule has 2 amide bonds.